The van der Waals surface area contributed by atoms with Crippen molar-refractivity contribution >= 4 is 55.1 Å². The van der Waals surface area contributed by atoms with Crippen molar-refractivity contribution in [2.75, 3.05) is 0 Å². The minimum absolute atomic E-state index is 0.211. The van der Waals surface area contributed by atoms with Crippen LogP contribution in [0.4, 0.5) is 0 Å². The molecule has 1 aromatic rings. The molecule has 2 N–H and O–H groups in total. The summed E-state index contributed by atoms with van der Waals surface area (Å²) in [5.74, 6) is -1.51. The highest BCUT2D eigenvalue weighted by molar-refractivity contribution is 9.12. The zero-order valence-electron chi connectivity index (χ0n) is 10.7. The molecule has 4 nitrogen and oxygen atoms in total. The van der Waals surface area contributed by atoms with Crippen LogP contribution in [-0.4, -0.2) is 23.0 Å². The minimum Gasteiger partial charge on any atom is -0.481 e. The zero-order valence-corrected chi connectivity index (χ0v) is 14.7. The lowest BCUT2D eigenvalue weighted by Gasteiger charge is -2.22. The number of carboxylic acids is 1. The molecule has 1 saturated carbocycles. The van der Waals surface area contributed by atoms with E-state index in [0.717, 1.165) is 33.3 Å². The Morgan fingerprint density at radius 1 is 1.25 bits per heavy atom. The van der Waals surface area contributed by atoms with Crippen LogP contribution in [0.1, 0.15) is 42.5 Å². The fourth-order valence-electron chi connectivity index (χ4n) is 2.52. The van der Waals surface area contributed by atoms with Crippen molar-refractivity contribution in [3.63, 3.8) is 0 Å². The van der Waals surface area contributed by atoms with Gasteiger partial charge in [0.2, 0.25) is 0 Å². The molecule has 1 fully saturated rings. The lowest BCUT2D eigenvalue weighted by molar-refractivity contribution is -0.142. The highest BCUT2D eigenvalue weighted by Crippen LogP contribution is 2.32. The second kappa shape index (κ2) is 7.04. The highest BCUT2D eigenvalue weighted by atomic mass is 79.9. The van der Waals surface area contributed by atoms with Crippen molar-refractivity contribution in [1.82, 2.24) is 5.32 Å². The molecule has 1 aliphatic carbocycles. The van der Waals surface area contributed by atoms with Gasteiger partial charge in [-0.2, -0.15) is 0 Å². The predicted octanol–water partition coefficient (Wildman–Crippen LogP) is 4.04. The third-order valence-corrected chi connectivity index (χ3v) is 5.89. The molecule has 0 spiro atoms. The van der Waals surface area contributed by atoms with Gasteiger partial charge in [0.15, 0.2) is 0 Å². The van der Waals surface area contributed by atoms with Gasteiger partial charge in [0.1, 0.15) is 0 Å². The van der Waals surface area contributed by atoms with Crippen LogP contribution < -0.4 is 5.32 Å². The number of aliphatic carboxylic acids is 1. The van der Waals surface area contributed by atoms with E-state index in [1.807, 2.05) is 0 Å². The topological polar surface area (TPSA) is 66.4 Å². The van der Waals surface area contributed by atoms with Crippen LogP contribution in [0.5, 0.6) is 0 Å². The van der Waals surface area contributed by atoms with Gasteiger partial charge in [-0.15, -0.1) is 11.3 Å². The Morgan fingerprint density at radius 3 is 2.55 bits per heavy atom. The Labute approximate surface area is 138 Å². The first-order valence-corrected chi connectivity index (χ1v) is 8.88. The number of thiophene rings is 1. The number of hydrogen-bond acceptors (Lipinski definition) is 3. The van der Waals surface area contributed by atoms with Gasteiger partial charge in [0, 0.05) is 6.04 Å². The van der Waals surface area contributed by atoms with Gasteiger partial charge >= 0.3 is 5.97 Å². The average molecular weight is 425 g/mol. The summed E-state index contributed by atoms with van der Waals surface area (Å²) < 4.78 is 1.62. The molecule has 1 heterocycles. The van der Waals surface area contributed by atoms with E-state index in [2.05, 4.69) is 37.2 Å². The smallest absolute Gasteiger partial charge is 0.308 e. The third kappa shape index (κ3) is 3.83. The first kappa shape index (κ1) is 16.0. The van der Waals surface area contributed by atoms with Gasteiger partial charge in [-0.3, -0.25) is 9.59 Å². The predicted molar refractivity (Wildman–Crippen MR) is 85.2 cm³/mol. The van der Waals surface area contributed by atoms with Gasteiger partial charge in [-0.25, -0.2) is 0 Å². The normalized spacial score (nSPS) is 23.1. The average Bonchev–Trinajstić information content (AvgIpc) is 2.60. The number of halogens is 2. The van der Waals surface area contributed by atoms with Crippen LogP contribution >= 0.6 is 43.2 Å². The van der Waals surface area contributed by atoms with Crippen LogP contribution in [0.2, 0.25) is 0 Å². The zero-order chi connectivity index (χ0) is 14.7. The first-order chi connectivity index (χ1) is 9.49. The van der Waals surface area contributed by atoms with Crippen LogP contribution in [0, 0.1) is 5.92 Å². The van der Waals surface area contributed by atoms with E-state index >= 15 is 0 Å². The van der Waals surface area contributed by atoms with Gasteiger partial charge < -0.3 is 10.4 Å². The fraction of sp³-hybridized carbons (Fsp3) is 0.538. The van der Waals surface area contributed by atoms with Gasteiger partial charge in [-0.05, 0) is 50.8 Å². The van der Waals surface area contributed by atoms with E-state index in [9.17, 15) is 14.7 Å². The molecule has 0 aliphatic heterocycles. The number of carboxylic acid groups (broad SMARTS) is 1. The molecule has 1 aromatic heterocycles. The largest absolute Gasteiger partial charge is 0.481 e. The molecule has 0 bridgehead atoms. The maximum Gasteiger partial charge on any atom is 0.308 e. The van der Waals surface area contributed by atoms with Gasteiger partial charge in [0.05, 0.1) is 19.1 Å². The van der Waals surface area contributed by atoms with Gasteiger partial charge in [-0.1, -0.05) is 19.3 Å². The summed E-state index contributed by atoms with van der Waals surface area (Å²) in [7, 11) is 0. The maximum atomic E-state index is 12.3. The van der Waals surface area contributed by atoms with E-state index in [0.29, 0.717) is 12.0 Å². The van der Waals surface area contributed by atoms with E-state index in [-0.39, 0.29) is 11.9 Å². The second-order valence-corrected chi connectivity index (χ2v) is 8.65. The first-order valence-electron chi connectivity index (χ1n) is 6.47. The SMILES string of the molecule is O=C(NC1CCCCCC1C(=O)O)c1cc(Br)sc1Br. The molecular formula is C13H15Br2NO3S. The Balaban J connectivity index is 2.11. The summed E-state index contributed by atoms with van der Waals surface area (Å²) >= 11 is 8.12. The molecule has 1 aliphatic rings. The Bertz CT molecular complexity index is 518. The summed E-state index contributed by atoms with van der Waals surface area (Å²) in [4.78, 5) is 23.6. The van der Waals surface area contributed by atoms with E-state index in [4.69, 9.17) is 0 Å². The molecule has 0 saturated heterocycles. The summed E-state index contributed by atoms with van der Waals surface area (Å²) in [5, 5.41) is 12.2. The highest BCUT2D eigenvalue weighted by Gasteiger charge is 2.31. The van der Waals surface area contributed by atoms with Gasteiger partial charge in [0.25, 0.3) is 5.91 Å². The van der Waals surface area contributed by atoms with Crippen molar-refractivity contribution < 1.29 is 14.7 Å². The Kier molecular flexibility index (Phi) is 5.63. The second-order valence-electron chi connectivity index (χ2n) is 4.90. The molecular weight excluding hydrogens is 410 g/mol. The minimum atomic E-state index is -0.817. The third-order valence-electron chi connectivity index (χ3n) is 3.55. The van der Waals surface area contributed by atoms with E-state index < -0.39 is 11.9 Å². The molecule has 2 unspecified atom stereocenters. The summed E-state index contributed by atoms with van der Waals surface area (Å²) in [6.07, 6.45) is 4.27. The molecule has 20 heavy (non-hydrogen) atoms. The Hall–Kier alpha value is -0.400. The molecule has 7 heteroatoms. The molecule has 0 radical (unpaired) electrons. The van der Waals surface area contributed by atoms with Crippen molar-refractivity contribution in [1.29, 1.82) is 0 Å². The van der Waals surface area contributed by atoms with E-state index in [1.54, 1.807) is 6.07 Å². The molecule has 0 aromatic carbocycles. The summed E-state index contributed by atoms with van der Waals surface area (Å²) in [5.41, 5.74) is 0.551. The van der Waals surface area contributed by atoms with Crippen molar-refractivity contribution in [2.45, 2.75) is 38.1 Å². The lowest BCUT2D eigenvalue weighted by Crippen LogP contribution is -2.42. The van der Waals surface area contributed by atoms with Crippen LogP contribution in [0.3, 0.4) is 0 Å². The number of rotatable bonds is 3. The van der Waals surface area contributed by atoms with E-state index in [1.165, 1.54) is 11.3 Å². The monoisotopic (exact) mass is 423 g/mol. The Morgan fingerprint density at radius 2 is 1.95 bits per heavy atom. The van der Waals surface area contributed by atoms with Crippen molar-refractivity contribution in [2.24, 2.45) is 5.92 Å². The van der Waals surface area contributed by atoms with Crippen LogP contribution in [0.25, 0.3) is 0 Å². The lowest BCUT2D eigenvalue weighted by atomic mass is 9.94. The number of hydrogen-bond donors (Lipinski definition) is 2. The van der Waals surface area contributed by atoms with Crippen molar-refractivity contribution in [3.05, 3.63) is 19.2 Å². The maximum absolute atomic E-state index is 12.3. The van der Waals surface area contributed by atoms with Crippen molar-refractivity contribution in [3.8, 4) is 0 Å². The van der Waals surface area contributed by atoms with Crippen LogP contribution in [-0.2, 0) is 4.79 Å². The molecule has 110 valence electrons. The summed E-state index contributed by atoms with van der Waals surface area (Å²) in [6, 6.07) is 1.46. The molecule has 2 rings (SSSR count). The van der Waals surface area contributed by atoms with Crippen LogP contribution in [0.15, 0.2) is 13.6 Å². The number of amides is 1. The summed E-state index contributed by atoms with van der Waals surface area (Å²) in [6.45, 7) is 0. The number of carbonyl (C=O) groups excluding carboxylic acids is 1. The fourth-order valence-corrected chi connectivity index (χ4v) is 5.31. The quantitative estimate of drug-likeness (QED) is 0.719. The molecule has 1 amide bonds. The standard InChI is InChI=1S/C13H15Br2NO3S/c14-10-6-8(11(15)20-10)12(17)16-9-5-3-1-2-4-7(9)13(18)19/h6-7,9H,1-5H2,(H,16,17)(H,18,19). The molecule has 2 atom stereocenters. The number of nitrogens with one attached hydrogen (secondary N) is 1. The number of carbonyl (C=O) groups is 2.